The van der Waals surface area contributed by atoms with E-state index in [1.54, 1.807) is 6.20 Å². The number of pyridine rings is 1. The highest BCUT2D eigenvalue weighted by Crippen LogP contribution is 2.23. The number of anilines is 1. The molecule has 1 saturated heterocycles. The minimum Gasteiger partial charge on any atom is -0.398 e. The first-order valence-corrected chi connectivity index (χ1v) is 6.66. The van der Waals surface area contributed by atoms with Gasteiger partial charge in [-0.25, -0.2) is 0 Å². The van der Waals surface area contributed by atoms with Crippen molar-refractivity contribution in [3.05, 3.63) is 36.0 Å². The van der Waals surface area contributed by atoms with Crippen molar-refractivity contribution in [2.75, 3.05) is 18.9 Å². The van der Waals surface area contributed by atoms with Crippen LogP contribution < -0.4 is 5.73 Å². The first-order valence-electron chi connectivity index (χ1n) is 6.66. The average Bonchev–Trinajstić information content (AvgIpc) is 2.95. The van der Waals surface area contributed by atoms with Crippen molar-refractivity contribution in [1.29, 1.82) is 0 Å². The summed E-state index contributed by atoms with van der Waals surface area (Å²) in [5.41, 5.74) is 8.71. The number of fused-ring (bicyclic) bond motifs is 1. The Labute approximate surface area is 112 Å². The fourth-order valence-electron chi connectivity index (χ4n) is 2.45. The van der Waals surface area contributed by atoms with E-state index in [2.05, 4.69) is 4.98 Å². The Balaban J connectivity index is 1.72. The van der Waals surface area contributed by atoms with Crippen LogP contribution in [0.15, 0.2) is 30.5 Å². The number of hydrogen-bond donors (Lipinski definition) is 1. The summed E-state index contributed by atoms with van der Waals surface area (Å²) in [6, 6.07) is 7.78. The van der Waals surface area contributed by atoms with Crippen molar-refractivity contribution in [2.24, 2.45) is 0 Å². The molecule has 19 heavy (non-hydrogen) atoms. The zero-order valence-corrected chi connectivity index (χ0v) is 10.8. The van der Waals surface area contributed by atoms with Gasteiger partial charge in [-0.1, -0.05) is 6.07 Å². The van der Waals surface area contributed by atoms with Crippen molar-refractivity contribution in [1.82, 2.24) is 4.98 Å². The molecule has 0 saturated carbocycles. The van der Waals surface area contributed by atoms with E-state index in [1.807, 2.05) is 24.3 Å². The van der Waals surface area contributed by atoms with Crippen molar-refractivity contribution < 1.29 is 9.47 Å². The van der Waals surface area contributed by atoms with Gasteiger partial charge in [0.25, 0.3) is 0 Å². The summed E-state index contributed by atoms with van der Waals surface area (Å²) in [5, 5.41) is 0.987. The first kappa shape index (κ1) is 12.4. The van der Waals surface area contributed by atoms with Crippen LogP contribution in [0.1, 0.15) is 18.4 Å². The summed E-state index contributed by atoms with van der Waals surface area (Å²) < 4.78 is 11.3. The fraction of sp³-hybridized carbons (Fsp3) is 0.400. The number of nitrogen functional groups attached to an aromatic ring is 1. The summed E-state index contributed by atoms with van der Waals surface area (Å²) in [6.45, 7) is 2.06. The normalized spacial score (nSPS) is 19.1. The van der Waals surface area contributed by atoms with E-state index >= 15 is 0 Å². The van der Waals surface area contributed by atoms with Gasteiger partial charge in [-0.15, -0.1) is 0 Å². The molecule has 0 radical (unpaired) electrons. The second-order valence-electron chi connectivity index (χ2n) is 4.86. The zero-order valence-electron chi connectivity index (χ0n) is 10.8. The molecule has 1 unspecified atom stereocenters. The summed E-state index contributed by atoms with van der Waals surface area (Å²) in [4.78, 5) is 4.40. The Morgan fingerprint density at radius 2 is 2.32 bits per heavy atom. The van der Waals surface area contributed by atoms with Gasteiger partial charge in [-0.3, -0.25) is 4.98 Å². The van der Waals surface area contributed by atoms with Crippen LogP contribution in [0, 0.1) is 0 Å². The number of rotatable bonds is 4. The number of hydrogen-bond acceptors (Lipinski definition) is 4. The number of aromatic nitrogens is 1. The van der Waals surface area contributed by atoms with E-state index in [9.17, 15) is 0 Å². The Morgan fingerprint density at radius 3 is 3.16 bits per heavy atom. The minimum atomic E-state index is 0.257. The molecule has 1 aromatic carbocycles. The van der Waals surface area contributed by atoms with Crippen molar-refractivity contribution in [3.63, 3.8) is 0 Å². The van der Waals surface area contributed by atoms with Gasteiger partial charge in [0, 0.05) is 29.4 Å². The minimum absolute atomic E-state index is 0.257. The van der Waals surface area contributed by atoms with Gasteiger partial charge in [0.05, 0.1) is 24.8 Å². The highest BCUT2D eigenvalue weighted by Gasteiger charge is 2.15. The van der Waals surface area contributed by atoms with Gasteiger partial charge >= 0.3 is 0 Å². The lowest BCUT2D eigenvalue weighted by Crippen LogP contribution is -2.14. The summed E-state index contributed by atoms with van der Waals surface area (Å²) in [5.74, 6) is 0. The lowest BCUT2D eigenvalue weighted by atomic mass is 10.1. The fourth-order valence-corrected chi connectivity index (χ4v) is 2.45. The number of benzene rings is 1. The average molecular weight is 258 g/mol. The molecule has 0 aliphatic carbocycles. The molecule has 4 heteroatoms. The van der Waals surface area contributed by atoms with Gasteiger partial charge in [0.2, 0.25) is 0 Å². The molecule has 1 aromatic heterocycles. The quantitative estimate of drug-likeness (QED) is 0.856. The maximum absolute atomic E-state index is 5.95. The van der Waals surface area contributed by atoms with Crippen LogP contribution in [0.5, 0.6) is 0 Å². The highest BCUT2D eigenvalue weighted by atomic mass is 16.5. The van der Waals surface area contributed by atoms with Gasteiger partial charge in [0.15, 0.2) is 0 Å². The van der Waals surface area contributed by atoms with Gasteiger partial charge in [-0.2, -0.15) is 0 Å². The lowest BCUT2D eigenvalue weighted by molar-refractivity contribution is 0.0109. The van der Waals surface area contributed by atoms with Crippen molar-refractivity contribution in [2.45, 2.75) is 25.6 Å². The molecule has 1 atom stereocenters. The SMILES string of the molecule is Nc1ccc(COCC2CCCO2)c2ncccc12. The molecule has 2 heterocycles. The van der Waals surface area contributed by atoms with Crippen LogP contribution in [0.2, 0.25) is 0 Å². The largest absolute Gasteiger partial charge is 0.398 e. The second kappa shape index (κ2) is 5.55. The van der Waals surface area contributed by atoms with Gasteiger partial charge in [-0.05, 0) is 31.0 Å². The predicted octanol–water partition coefficient (Wildman–Crippen LogP) is 2.51. The van der Waals surface area contributed by atoms with E-state index in [0.717, 1.165) is 41.6 Å². The smallest absolute Gasteiger partial charge is 0.0809 e. The van der Waals surface area contributed by atoms with E-state index in [4.69, 9.17) is 15.2 Å². The molecule has 2 N–H and O–H groups in total. The van der Waals surface area contributed by atoms with Crippen LogP contribution in [-0.4, -0.2) is 24.3 Å². The lowest BCUT2D eigenvalue weighted by Gasteiger charge is -2.11. The Kier molecular flexibility index (Phi) is 3.62. The third-order valence-electron chi connectivity index (χ3n) is 3.47. The second-order valence-corrected chi connectivity index (χ2v) is 4.86. The van der Waals surface area contributed by atoms with E-state index in [0.29, 0.717) is 13.2 Å². The van der Waals surface area contributed by atoms with Crippen LogP contribution in [-0.2, 0) is 16.1 Å². The van der Waals surface area contributed by atoms with Crippen LogP contribution in [0.3, 0.4) is 0 Å². The van der Waals surface area contributed by atoms with E-state index in [1.165, 1.54) is 0 Å². The topological polar surface area (TPSA) is 57.4 Å². The summed E-state index contributed by atoms with van der Waals surface area (Å²) in [7, 11) is 0. The Morgan fingerprint density at radius 1 is 1.37 bits per heavy atom. The summed E-state index contributed by atoms with van der Waals surface area (Å²) in [6.07, 6.45) is 4.28. The highest BCUT2D eigenvalue weighted by molar-refractivity contribution is 5.92. The Hall–Kier alpha value is -1.65. The molecule has 1 aliphatic heterocycles. The molecule has 2 aromatic rings. The molecular formula is C15H18N2O2. The molecular weight excluding hydrogens is 240 g/mol. The predicted molar refractivity (Wildman–Crippen MR) is 74.8 cm³/mol. The summed E-state index contributed by atoms with van der Waals surface area (Å²) >= 11 is 0. The molecule has 0 amide bonds. The van der Waals surface area contributed by atoms with Crippen molar-refractivity contribution in [3.8, 4) is 0 Å². The standard InChI is InChI=1S/C15H18N2O2/c16-14-6-5-11(15-13(14)4-1-7-17-15)9-18-10-12-3-2-8-19-12/h1,4-7,12H,2-3,8-10,16H2. The number of nitrogens with zero attached hydrogens (tertiary/aromatic N) is 1. The molecule has 0 bridgehead atoms. The molecule has 3 rings (SSSR count). The van der Waals surface area contributed by atoms with Crippen LogP contribution in [0.25, 0.3) is 10.9 Å². The van der Waals surface area contributed by atoms with E-state index < -0.39 is 0 Å². The monoisotopic (exact) mass is 258 g/mol. The van der Waals surface area contributed by atoms with Gasteiger partial charge in [0.1, 0.15) is 0 Å². The van der Waals surface area contributed by atoms with Crippen LogP contribution >= 0.6 is 0 Å². The first-order chi connectivity index (χ1) is 9.34. The van der Waals surface area contributed by atoms with Crippen molar-refractivity contribution >= 4 is 16.6 Å². The zero-order chi connectivity index (χ0) is 13.1. The third kappa shape index (κ3) is 2.69. The third-order valence-corrected chi connectivity index (χ3v) is 3.47. The maximum Gasteiger partial charge on any atom is 0.0809 e. The molecule has 4 nitrogen and oxygen atoms in total. The molecule has 1 aliphatic rings. The number of nitrogens with two attached hydrogens (primary N) is 1. The number of ether oxygens (including phenoxy) is 2. The Bertz CT molecular complexity index is 565. The molecule has 0 spiro atoms. The molecule has 100 valence electrons. The van der Waals surface area contributed by atoms with Crippen LogP contribution in [0.4, 0.5) is 5.69 Å². The molecule has 1 fully saturated rings. The maximum atomic E-state index is 5.95. The van der Waals surface area contributed by atoms with Gasteiger partial charge < -0.3 is 15.2 Å². The van der Waals surface area contributed by atoms with E-state index in [-0.39, 0.29) is 6.10 Å².